The average Bonchev–Trinajstić information content (AvgIpc) is 2.79. The third-order valence-electron chi connectivity index (χ3n) is 2.02. The minimum atomic E-state index is -1.42. The van der Waals surface area contributed by atoms with Gasteiger partial charge < -0.3 is 10.0 Å². The summed E-state index contributed by atoms with van der Waals surface area (Å²) in [5.74, 6) is 0.656. The van der Waals surface area contributed by atoms with E-state index in [4.69, 9.17) is 0 Å². The Morgan fingerprint density at radius 1 is 1.31 bits per heavy atom. The molecule has 0 aliphatic rings. The van der Waals surface area contributed by atoms with Crippen molar-refractivity contribution in [3.8, 4) is 0 Å². The largest absolute Gasteiger partial charge is 0.488 e. The van der Waals surface area contributed by atoms with Gasteiger partial charge in [0.25, 0.3) is 0 Å². The first kappa shape index (κ1) is 11.6. The van der Waals surface area contributed by atoms with Crippen LogP contribution in [0.25, 0.3) is 0 Å². The summed E-state index contributed by atoms with van der Waals surface area (Å²) < 4.78 is 0.877. The summed E-state index contributed by atoms with van der Waals surface area (Å²) in [7, 11) is -1.42. The summed E-state index contributed by atoms with van der Waals surface area (Å²) in [6.07, 6.45) is 0. The van der Waals surface area contributed by atoms with E-state index in [1.807, 2.05) is 12.1 Å². The molecule has 0 spiro atoms. The first-order valence-electron chi connectivity index (χ1n) is 4.60. The minimum Gasteiger partial charge on any atom is -0.423 e. The van der Waals surface area contributed by atoms with Gasteiger partial charge in [0.05, 0.1) is 0 Å². The number of aromatic nitrogens is 2. The molecule has 0 unspecified atom stereocenters. The molecule has 0 aliphatic heterocycles. The Balaban J connectivity index is 2.09. The maximum atomic E-state index is 9.18. The van der Waals surface area contributed by atoms with Crippen LogP contribution in [0.4, 0.5) is 0 Å². The van der Waals surface area contributed by atoms with E-state index in [2.05, 4.69) is 10.2 Å². The van der Waals surface area contributed by atoms with Gasteiger partial charge in [-0.2, -0.15) is 0 Å². The van der Waals surface area contributed by atoms with Crippen LogP contribution in [0.5, 0.6) is 0 Å². The molecular formula is C9H9BN2O2S2. The maximum Gasteiger partial charge on any atom is 0.488 e. The standard InChI is InChI=1S/C9H9BN2O2S2/c13-10(14)8-4-2-1-3-7(8)5-15-9-12-11-6-16-9/h1-4,6,13-14H,5H2. The zero-order valence-corrected chi connectivity index (χ0v) is 9.91. The molecule has 2 aromatic rings. The topological polar surface area (TPSA) is 66.2 Å². The third kappa shape index (κ3) is 2.82. The van der Waals surface area contributed by atoms with Gasteiger partial charge in [-0.25, -0.2) is 0 Å². The van der Waals surface area contributed by atoms with Crippen molar-refractivity contribution in [2.24, 2.45) is 0 Å². The van der Waals surface area contributed by atoms with E-state index in [1.165, 1.54) is 23.1 Å². The smallest absolute Gasteiger partial charge is 0.423 e. The van der Waals surface area contributed by atoms with Crippen LogP contribution in [0.1, 0.15) is 5.56 Å². The lowest BCUT2D eigenvalue weighted by Gasteiger charge is -2.06. The predicted molar refractivity (Wildman–Crippen MR) is 65.7 cm³/mol. The number of hydrogen-bond donors (Lipinski definition) is 2. The molecule has 0 saturated heterocycles. The van der Waals surface area contributed by atoms with Crippen LogP contribution in [0.3, 0.4) is 0 Å². The third-order valence-corrected chi connectivity index (χ3v) is 3.93. The molecule has 0 radical (unpaired) electrons. The molecule has 0 fully saturated rings. The summed E-state index contributed by atoms with van der Waals surface area (Å²) in [5.41, 5.74) is 3.12. The van der Waals surface area contributed by atoms with Crippen LogP contribution in [-0.2, 0) is 5.75 Å². The van der Waals surface area contributed by atoms with Crippen molar-refractivity contribution in [2.45, 2.75) is 10.1 Å². The Morgan fingerprint density at radius 3 is 2.81 bits per heavy atom. The highest BCUT2D eigenvalue weighted by Gasteiger charge is 2.15. The molecule has 2 rings (SSSR count). The quantitative estimate of drug-likeness (QED) is 0.613. The molecule has 82 valence electrons. The van der Waals surface area contributed by atoms with Gasteiger partial charge in [-0.1, -0.05) is 47.4 Å². The zero-order valence-electron chi connectivity index (χ0n) is 8.28. The molecule has 7 heteroatoms. The summed E-state index contributed by atoms with van der Waals surface area (Å²) in [6, 6.07) is 7.25. The highest BCUT2D eigenvalue weighted by Crippen LogP contribution is 2.22. The maximum absolute atomic E-state index is 9.18. The Morgan fingerprint density at radius 2 is 2.12 bits per heavy atom. The van der Waals surface area contributed by atoms with Gasteiger partial charge in [-0.05, 0) is 11.0 Å². The van der Waals surface area contributed by atoms with Crippen LogP contribution >= 0.6 is 23.1 Å². The molecule has 4 nitrogen and oxygen atoms in total. The van der Waals surface area contributed by atoms with Gasteiger partial charge in [-0.3, -0.25) is 0 Å². The van der Waals surface area contributed by atoms with Crippen LogP contribution < -0.4 is 5.46 Å². The number of thioether (sulfide) groups is 1. The van der Waals surface area contributed by atoms with E-state index in [1.54, 1.807) is 17.6 Å². The Kier molecular flexibility index (Phi) is 3.95. The molecular weight excluding hydrogens is 243 g/mol. The van der Waals surface area contributed by atoms with E-state index in [9.17, 15) is 10.0 Å². The second kappa shape index (κ2) is 5.45. The fraction of sp³-hybridized carbons (Fsp3) is 0.111. The number of rotatable bonds is 4. The van der Waals surface area contributed by atoms with Gasteiger partial charge >= 0.3 is 7.12 Å². The number of nitrogens with zero attached hydrogens (tertiary/aromatic N) is 2. The molecule has 1 aromatic carbocycles. The van der Waals surface area contributed by atoms with Crippen molar-refractivity contribution in [1.29, 1.82) is 0 Å². The van der Waals surface area contributed by atoms with Gasteiger partial charge in [0.15, 0.2) is 4.34 Å². The second-order valence-corrected chi connectivity index (χ2v) is 5.12. The molecule has 1 heterocycles. The van der Waals surface area contributed by atoms with Crippen LogP contribution in [0, 0.1) is 0 Å². The van der Waals surface area contributed by atoms with E-state index in [0.717, 1.165) is 9.90 Å². The molecule has 2 N–H and O–H groups in total. The van der Waals surface area contributed by atoms with E-state index in [0.29, 0.717) is 11.2 Å². The SMILES string of the molecule is OB(O)c1ccccc1CSc1nncs1. The van der Waals surface area contributed by atoms with Crippen LogP contribution in [-0.4, -0.2) is 27.4 Å². The van der Waals surface area contributed by atoms with Crippen molar-refractivity contribution in [1.82, 2.24) is 10.2 Å². The zero-order chi connectivity index (χ0) is 11.4. The lowest BCUT2D eigenvalue weighted by Crippen LogP contribution is -2.32. The molecule has 0 bridgehead atoms. The predicted octanol–water partition coefficient (Wildman–Crippen LogP) is 0.510. The van der Waals surface area contributed by atoms with E-state index >= 15 is 0 Å². The average molecular weight is 252 g/mol. The molecule has 1 aromatic heterocycles. The molecule has 0 amide bonds. The Bertz CT molecular complexity index is 451. The number of hydrogen-bond acceptors (Lipinski definition) is 6. The van der Waals surface area contributed by atoms with Crippen LogP contribution in [0.2, 0.25) is 0 Å². The summed E-state index contributed by atoms with van der Waals surface area (Å²) in [6.45, 7) is 0. The van der Waals surface area contributed by atoms with Gasteiger partial charge in [0.1, 0.15) is 5.51 Å². The first-order valence-corrected chi connectivity index (χ1v) is 6.47. The van der Waals surface area contributed by atoms with E-state index < -0.39 is 7.12 Å². The van der Waals surface area contributed by atoms with Crippen molar-refractivity contribution in [3.05, 3.63) is 35.3 Å². The van der Waals surface area contributed by atoms with E-state index in [-0.39, 0.29) is 0 Å². The van der Waals surface area contributed by atoms with Crippen LogP contribution in [0.15, 0.2) is 34.1 Å². The second-order valence-electron chi connectivity index (χ2n) is 3.07. The Hall–Kier alpha value is -0.885. The van der Waals surface area contributed by atoms with Crippen molar-refractivity contribution in [3.63, 3.8) is 0 Å². The molecule has 16 heavy (non-hydrogen) atoms. The molecule has 0 aliphatic carbocycles. The fourth-order valence-electron chi connectivity index (χ4n) is 1.28. The molecule has 0 saturated carbocycles. The van der Waals surface area contributed by atoms with Crippen molar-refractivity contribution < 1.29 is 10.0 Å². The van der Waals surface area contributed by atoms with Crippen molar-refractivity contribution >= 4 is 35.7 Å². The first-order chi connectivity index (χ1) is 7.77. The molecule has 0 atom stereocenters. The highest BCUT2D eigenvalue weighted by molar-refractivity contribution is 8.00. The monoisotopic (exact) mass is 252 g/mol. The lowest BCUT2D eigenvalue weighted by atomic mass is 9.77. The Labute approximate surface area is 102 Å². The number of benzene rings is 1. The summed E-state index contributed by atoms with van der Waals surface area (Å²) in [5, 5.41) is 26.0. The fourth-order valence-corrected chi connectivity index (χ4v) is 2.79. The van der Waals surface area contributed by atoms with Crippen molar-refractivity contribution in [2.75, 3.05) is 0 Å². The normalized spacial score (nSPS) is 10.4. The van der Waals surface area contributed by atoms with Gasteiger partial charge in [0.2, 0.25) is 0 Å². The minimum absolute atomic E-state index is 0.541. The summed E-state index contributed by atoms with van der Waals surface area (Å²) >= 11 is 3.01. The lowest BCUT2D eigenvalue weighted by molar-refractivity contribution is 0.425. The summed E-state index contributed by atoms with van der Waals surface area (Å²) in [4.78, 5) is 0. The van der Waals surface area contributed by atoms with Gasteiger partial charge in [0, 0.05) is 5.75 Å². The van der Waals surface area contributed by atoms with Gasteiger partial charge in [-0.15, -0.1) is 10.2 Å². The highest BCUT2D eigenvalue weighted by atomic mass is 32.2.